The van der Waals surface area contributed by atoms with Gasteiger partial charge in [0.25, 0.3) is 0 Å². The van der Waals surface area contributed by atoms with Gasteiger partial charge >= 0.3 is 5.97 Å². The molecule has 2 aromatic rings. The number of anilines is 1. The van der Waals surface area contributed by atoms with Crippen LogP contribution in [0, 0.1) is 0 Å². The van der Waals surface area contributed by atoms with E-state index in [1.807, 2.05) is 0 Å². The third-order valence-electron chi connectivity index (χ3n) is 4.50. The number of benzene rings is 1. The van der Waals surface area contributed by atoms with E-state index in [9.17, 15) is 9.90 Å². The van der Waals surface area contributed by atoms with E-state index in [1.54, 1.807) is 18.3 Å². The van der Waals surface area contributed by atoms with Gasteiger partial charge in [0, 0.05) is 31.9 Å². The van der Waals surface area contributed by atoms with E-state index in [-0.39, 0.29) is 5.56 Å². The molecule has 0 aliphatic carbocycles. The largest absolute Gasteiger partial charge is 0.478 e. The zero-order valence-corrected chi connectivity index (χ0v) is 13.9. The number of nitrogens with one attached hydrogen (secondary N) is 1. The highest BCUT2D eigenvalue weighted by Crippen LogP contribution is 2.22. The zero-order chi connectivity index (χ0) is 16.9. The molecule has 3 rings (SSSR count). The molecule has 0 unspecified atom stereocenters. The lowest BCUT2D eigenvalue weighted by molar-refractivity contribution is 0.0697. The number of pyridine rings is 1. The maximum Gasteiger partial charge on any atom is 0.339 e. The average molecular weight is 325 g/mol. The predicted molar refractivity (Wildman–Crippen MR) is 94.5 cm³/mol. The first-order chi connectivity index (χ1) is 11.7. The predicted octanol–water partition coefficient (Wildman–Crippen LogP) is 2.71. The highest BCUT2D eigenvalue weighted by atomic mass is 16.4. The number of aromatic nitrogens is 1. The average Bonchev–Trinajstić information content (AvgIpc) is 3.09. The number of aromatic carboxylic acids is 1. The molecule has 1 fully saturated rings. The van der Waals surface area contributed by atoms with E-state index in [0.29, 0.717) is 11.9 Å². The number of hydrogen-bond donors (Lipinski definition) is 2. The van der Waals surface area contributed by atoms with Crippen molar-refractivity contribution >= 4 is 11.8 Å². The molecule has 2 N–H and O–H groups in total. The number of hydrogen-bond acceptors (Lipinski definition) is 4. The first-order valence-electron chi connectivity index (χ1n) is 8.42. The molecule has 1 atom stereocenters. The summed E-state index contributed by atoms with van der Waals surface area (Å²) in [7, 11) is 0. The number of aryl methyl sites for hydroxylation is 1. The molecule has 1 aromatic heterocycles. The third-order valence-corrected chi connectivity index (χ3v) is 4.50. The molecule has 126 valence electrons. The van der Waals surface area contributed by atoms with Gasteiger partial charge in [-0.15, -0.1) is 0 Å². The Labute approximate surface area is 142 Å². The van der Waals surface area contributed by atoms with Crippen LogP contribution in [-0.4, -0.2) is 35.2 Å². The van der Waals surface area contributed by atoms with Gasteiger partial charge in [-0.2, -0.15) is 0 Å². The smallest absolute Gasteiger partial charge is 0.339 e. The molecular formula is C19H23N3O2. The minimum absolute atomic E-state index is 0.272. The van der Waals surface area contributed by atoms with Crippen molar-refractivity contribution in [3.63, 3.8) is 0 Å². The van der Waals surface area contributed by atoms with E-state index in [4.69, 9.17) is 0 Å². The maximum absolute atomic E-state index is 11.3. The molecule has 1 aromatic carbocycles. The normalized spacial score (nSPS) is 17.2. The first kappa shape index (κ1) is 16.5. The highest BCUT2D eigenvalue weighted by Gasteiger charge is 2.26. The second-order valence-electron chi connectivity index (χ2n) is 6.17. The molecule has 24 heavy (non-hydrogen) atoms. The van der Waals surface area contributed by atoms with Crippen LogP contribution >= 0.6 is 0 Å². The molecule has 1 aliphatic heterocycles. The van der Waals surface area contributed by atoms with Crippen molar-refractivity contribution in [2.75, 3.05) is 18.0 Å². The van der Waals surface area contributed by atoms with E-state index in [0.717, 1.165) is 32.5 Å². The minimum atomic E-state index is -0.925. The monoisotopic (exact) mass is 325 g/mol. The first-order valence-corrected chi connectivity index (χ1v) is 8.42. The molecule has 5 heteroatoms. The molecule has 0 bridgehead atoms. The van der Waals surface area contributed by atoms with Crippen molar-refractivity contribution < 1.29 is 9.90 Å². The second-order valence-corrected chi connectivity index (χ2v) is 6.17. The molecule has 0 radical (unpaired) electrons. The lowest BCUT2D eigenvalue weighted by Crippen LogP contribution is -2.32. The summed E-state index contributed by atoms with van der Waals surface area (Å²) in [4.78, 5) is 17.7. The van der Waals surface area contributed by atoms with E-state index in [1.165, 1.54) is 11.1 Å². The lowest BCUT2D eigenvalue weighted by atomic mass is 10.1. The van der Waals surface area contributed by atoms with Crippen LogP contribution in [0.5, 0.6) is 0 Å². The van der Waals surface area contributed by atoms with Crippen molar-refractivity contribution in [2.45, 2.75) is 32.4 Å². The Hall–Kier alpha value is -2.40. The molecule has 1 aliphatic rings. The number of rotatable bonds is 6. The lowest BCUT2D eigenvalue weighted by Gasteiger charge is -2.19. The minimum Gasteiger partial charge on any atom is -0.478 e. The van der Waals surface area contributed by atoms with Crippen molar-refractivity contribution in [1.29, 1.82) is 0 Å². The summed E-state index contributed by atoms with van der Waals surface area (Å²) in [6, 6.07) is 12.3. The fourth-order valence-electron chi connectivity index (χ4n) is 3.16. The SMILES string of the molecule is CCc1cccc(CN[C@H]2CCN(c3ncccc3C(=O)O)C2)c1. The van der Waals surface area contributed by atoms with Crippen LogP contribution in [0.3, 0.4) is 0 Å². The van der Waals surface area contributed by atoms with Gasteiger partial charge in [0.05, 0.1) is 0 Å². The summed E-state index contributed by atoms with van der Waals surface area (Å²) >= 11 is 0. The Bertz CT molecular complexity index is 717. The summed E-state index contributed by atoms with van der Waals surface area (Å²) in [5, 5.41) is 12.9. The maximum atomic E-state index is 11.3. The van der Waals surface area contributed by atoms with E-state index in [2.05, 4.69) is 46.4 Å². The summed E-state index contributed by atoms with van der Waals surface area (Å²) in [5.41, 5.74) is 2.91. The number of carboxylic acid groups (broad SMARTS) is 1. The van der Waals surface area contributed by atoms with Crippen LogP contribution < -0.4 is 10.2 Å². The Morgan fingerprint density at radius 1 is 1.33 bits per heavy atom. The standard InChI is InChI=1S/C19H23N3O2/c1-2-14-5-3-6-15(11-14)12-21-16-8-10-22(13-16)18-17(19(23)24)7-4-9-20-18/h3-7,9,11,16,21H,2,8,10,12-13H2,1H3,(H,23,24)/t16-/m0/s1. The van der Waals surface area contributed by atoms with Crippen molar-refractivity contribution in [1.82, 2.24) is 10.3 Å². The van der Waals surface area contributed by atoms with Gasteiger partial charge in [-0.25, -0.2) is 9.78 Å². The second kappa shape index (κ2) is 7.45. The van der Waals surface area contributed by atoms with Crippen molar-refractivity contribution in [3.05, 3.63) is 59.3 Å². The fourth-order valence-corrected chi connectivity index (χ4v) is 3.16. The Morgan fingerprint density at radius 3 is 2.96 bits per heavy atom. The molecule has 2 heterocycles. The molecule has 0 spiro atoms. The van der Waals surface area contributed by atoms with Crippen LogP contribution in [-0.2, 0) is 13.0 Å². The van der Waals surface area contributed by atoms with Gasteiger partial charge in [0.2, 0.25) is 0 Å². The third kappa shape index (κ3) is 3.74. The van der Waals surface area contributed by atoms with Crippen LogP contribution in [0.1, 0.15) is 34.8 Å². The van der Waals surface area contributed by atoms with Gasteiger partial charge in [0.15, 0.2) is 0 Å². The molecule has 0 saturated carbocycles. The number of nitrogens with zero attached hydrogens (tertiary/aromatic N) is 2. The highest BCUT2D eigenvalue weighted by molar-refractivity contribution is 5.93. The summed E-state index contributed by atoms with van der Waals surface area (Å²) < 4.78 is 0. The Morgan fingerprint density at radius 2 is 2.17 bits per heavy atom. The van der Waals surface area contributed by atoms with E-state index >= 15 is 0 Å². The topological polar surface area (TPSA) is 65.5 Å². The van der Waals surface area contributed by atoms with Gasteiger partial charge in [-0.05, 0) is 36.1 Å². The Balaban J connectivity index is 1.61. The summed E-state index contributed by atoms with van der Waals surface area (Å²) in [6.45, 7) is 4.60. The van der Waals surface area contributed by atoms with Crippen molar-refractivity contribution in [3.8, 4) is 0 Å². The van der Waals surface area contributed by atoms with E-state index < -0.39 is 5.97 Å². The van der Waals surface area contributed by atoms with Gasteiger partial charge in [0.1, 0.15) is 11.4 Å². The molecule has 0 amide bonds. The summed E-state index contributed by atoms with van der Waals surface area (Å²) in [5.74, 6) is -0.354. The zero-order valence-electron chi connectivity index (χ0n) is 13.9. The van der Waals surface area contributed by atoms with Gasteiger partial charge < -0.3 is 15.3 Å². The molecule has 5 nitrogen and oxygen atoms in total. The number of carboxylic acids is 1. The van der Waals surface area contributed by atoms with Crippen LogP contribution in [0.4, 0.5) is 5.82 Å². The van der Waals surface area contributed by atoms with Crippen molar-refractivity contribution in [2.24, 2.45) is 0 Å². The Kier molecular flexibility index (Phi) is 5.11. The van der Waals surface area contributed by atoms with Crippen LogP contribution in [0.2, 0.25) is 0 Å². The van der Waals surface area contributed by atoms with Crippen LogP contribution in [0.25, 0.3) is 0 Å². The van der Waals surface area contributed by atoms with Gasteiger partial charge in [-0.1, -0.05) is 31.2 Å². The quantitative estimate of drug-likeness (QED) is 0.855. The molecular weight excluding hydrogens is 302 g/mol. The fraction of sp³-hybridized carbons (Fsp3) is 0.368. The van der Waals surface area contributed by atoms with Crippen LogP contribution in [0.15, 0.2) is 42.6 Å². The molecule has 1 saturated heterocycles. The summed E-state index contributed by atoms with van der Waals surface area (Å²) in [6.07, 6.45) is 3.69. The number of carbonyl (C=O) groups is 1. The van der Waals surface area contributed by atoms with Gasteiger partial charge in [-0.3, -0.25) is 0 Å².